The third kappa shape index (κ3) is 7.56. The molecular weight excluding hydrogens is 476 g/mol. The summed E-state index contributed by atoms with van der Waals surface area (Å²) in [4.78, 5) is 30.0. The fourth-order valence-electron chi connectivity index (χ4n) is 4.96. The molecule has 0 aliphatic heterocycles. The van der Waals surface area contributed by atoms with Crippen LogP contribution in [0, 0.1) is 12.3 Å². The molecule has 1 amide bonds. The van der Waals surface area contributed by atoms with Crippen LogP contribution in [0.2, 0.25) is 0 Å². The quantitative estimate of drug-likeness (QED) is 0.328. The van der Waals surface area contributed by atoms with Crippen LogP contribution in [-0.4, -0.2) is 38.1 Å². The third-order valence-electron chi connectivity index (χ3n) is 7.03. The number of pyridine rings is 1. The van der Waals surface area contributed by atoms with E-state index in [9.17, 15) is 9.59 Å². The van der Waals surface area contributed by atoms with E-state index in [-0.39, 0.29) is 17.3 Å². The van der Waals surface area contributed by atoms with Crippen molar-refractivity contribution in [3.05, 3.63) is 65.4 Å². The first-order valence-corrected chi connectivity index (χ1v) is 13.4. The van der Waals surface area contributed by atoms with Crippen LogP contribution >= 0.6 is 0 Å². The molecule has 1 heterocycles. The van der Waals surface area contributed by atoms with Crippen LogP contribution in [0.25, 0.3) is 10.8 Å². The average molecular weight is 519 g/mol. The van der Waals surface area contributed by atoms with E-state index in [0.717, 1.165) is 22.4 Å². The molecule has 0 unspecified atom stereocenters. The second kappa shape index (κ2) is 12.9. The lowest BCUT2D eigenvalue weighted by Gasteiger charge is -2.23. The highest BCUT2D eigenvalue weighted by Gasteiger charge is 2.22. The number of fused-ring (bicyclic) bond motifs is 1. The third-order valence-corrected chi connectivity index (χ3v) is 7.03. The topological polar surface area (TPSA) is 68.7 Å². The summed E-state index contributed by atoms with van der Waals surface area (Å²) in [7, 11) is 4.82. The molecule has 1 saturated carbocycles. The number of amides is 1. The highest BCUT2D eigenvalue weighted by Crippen LogP contribution is 2.34. The number of carbonyl (C=O) groups excluding carboxylic acids is 2. The van der Waals surface area contributed by atoms with Crippen molar-refractivity contribution in [2.24, 2.45) is 5.41 Å². The number of ether oxygens (including phenoxy) is 2. The van der Waals surface area contributed by atoms with Gasteiger partial charge in [0.25, 0.3) is 0 Å². The van der Waals surface area contributed by atoms with Crippen LogP contribution in [0.4, 0.5) is 5.82 Å². The molecule has 1 fully saturated rings. The minimum Gasteiger partial charge on any atom is -0.496 e. The van der Waals surface area contributed by atoms with E-state index < -0.39 is 0 Å². The van der Waals surface area contributed by atoms with E-state index in [0.29, 0.717) is 17.8 Å². The molecule has 3 aromatic rings. The Kier molecular flexibility index (Phi) is 9.90. The molecule has 6 nitrogen and oxygen atoms in total. The number of benzene rings is 2. The number of hydrogen-bond acceptors (Lipinski definition) is 5. The van der Waals surface area contributed by atoms with Gasteiger partial charge in [0.1, 0.15) is 11.6 Å². The normalized spacial score (nSPS) is 13.9. The van der Waals surface area contributed by atoms with Gasteiger partial charge in [-0.25, -0.2) is 9.78 Å². The fourth-order valence-corrected chi connectivity index (χ4v) is 4.96. The Morgan fingerprint density at radius 1 is 1.00 bits per heavy atom. The second-order valence-electron chi connectivity index (χ2n) is 11.3. The van der Waals surface area contributed by atoms with E-state index in [1.807, 2.05) is 26.8 Å². The van der Waals surface area contributed by atoms with Crippen molar-refractivity contribution >= 4 is 28.5 Å². The van der Waals surface area contributed by atoms with Crippen molar-refractivity contribution in [2.75, 3.05) is 26.2 Å². The molecule has 4 rings (SSSR count). The molecule has 2 aromatic carbocycles. The smallest absolute Gasteiger partial charge is 0.337 e. The Hall–Kier alpha value is -3.41. The molecule has 1 aliphatic rings. The van der Waals surface area contributed by atoms with Gasteiger partial charge >= 0.3 is 5.97 Å². The first-order valence-electron chi connectivity index (χ1n) is 13.4. The summed E-state index contributed by atoms with van der Waals surface area (Å²) in [5.74, 6) is 2.02. The van der Waals surface area contributed by atoms with Gasteiger partial charge < -0.3 is 9.47 Å². The van der Waals surface area contributed by atoms with Gasteiger partial charge in [-0.2, -0.15) is 0 Å². The number of nitrogens with zero attached hydrogens (tertiary/aromatic N) is 2. The molecule has 6 heteroatoms. The first kappa shape index (κ1) is 29.2. The Morgan fingerprint density at radius 3 is 2.32 bits per heavy atom. The predicted octanol–water partition coefficient (Wildman–Crippen LogP) is 7.47. The second-order valence-corrected chi connectivity index (χ2v) is 11.3. The molecule has 0 saturated heterocycles. The van der Waals surface area contributed by atoms with Crippen LogP contribution < -0.4 is 9.64 Å². The van der Waals surface area contributed by atoms with Gasteiger partial charge in [-0.15, -0.1) is 0 Å². The number of esters is 1. The Morgan fingerprint density at radius 2 is 1.71 bits per heavy atom. The lowest BCUT2D eigenvalue weighted by molar-refractivity contribution is -0.120. The molecule has 0 radical (unpaired) electrons. The standard InChI is InChI=1S/C18H22N2O3.C14H20O/c1-18(2,3)11-15(21)20(4)16-14-7-6-13(17(22)23-5)10-12(14)8-9-19-16;1-11-10-13(8-9-14(11)15-2)12-6-4-3-5-7-12/h6-10H,11H2,1-5H3;8-10,12H,3-7H2,1-2H3. The molecule has 0 atom stereocenters. The van der Waals surface area contributed by atoms with Gasteiger partial charge in [-0.1, -0.05) is 52.2 Å². The van der Waals surface area contributed by atoms with Crippen molar-refractivity contribution in [2.45, 2.75) is 72.1 Å². The summed E-state index contributed by atoms with van der Waals surface area (Å²) in [6.07, 6.45) is 9.02. The van der Waals surface area contributed by atoms with Gasteiger partial charge in [0.05, 0.1) is 19.8 Å². The minimum atomic E-state index is -0.387. The van der Waals surface area contributed by atoms with E-state index in [2.05, 4.69) is 30.1 Å². The summed E-state index contributed by atoms with van der Waals surface area (Å²) in [6, 6.07) is 13.7. The van der Waals surface area contributed by atoms with E-state index >= 15 is 0 Å². The van der Waals surface area contributed by atoms with Gasteiger partial charge in [-0.05, 0) is 77.9 Å². The van der Waals surface area contributed by atoms with Crippen LogP contribution in [0.1, 0.15) is 86.7 Å². The number of aryl methyl sites for hydroxylation is 1. The summed E-state index contributed by atoms with van der Waals surface area (Å²) in [5.41, 5.74) is 3.16. The highest BCUT2D eigenvalue weighted by atomic mass is 16.5. The van der Waals surface area contributed by atoms with Crippen LogP contribution in [-0.2, 0) is 9.53 Å². The number of methoxy groups -OCH3 is 2. The molecular formula is C32H42N2O4. The van der Waals surface area contributed by atoms with Gasteiger partial charge in [0, 0.05) is 25.1 Å². The largest absolute Gasteiger partial charge is 0.496 e. The van der Waals surface area contributed by atoms with Crippen molar-refractivity contribution in [3.63, 3.8) is 0 Å². The van der Waals surface area contributed by atoms with E-state index in [4.69, 9.17) is 9.47 Å². The number of rotatable bonds is 5. The average Bonchev–Trinajstić information content (AvgIpc) is 2.91. The van der Waals surface area contributed by atoms with Gasteiger partial charge in [0.2, 0.25) is 5.91 Å². The summed E-state index contributed by atoms with van der Waals surface area (Å²) in [5, 5.41) is 1.67. The van der Waals surface area contributed by atoms with Crippen LogP contribution in [0.15, 0.2) is 48.7 Å². The number of anilines is 1. The Labute approximate surface area is 227 Å². The maximum absolute atomic E-state index is 12.4. The maximum atomic E-state index is 12.4. The lowest BCUT2D eigenvalue weighted by atomic mass is 9.83. The molecule has 0 bridgehead atoms. The number of carbonyl (C=O) groups is 2. The molecule has 1 aliphatic carbocycles. The predicted molar refractivity (Wildman–Crippen MR) is 154 cm³/mol. The van der Waals surface area contributed by atoms with Crippen LogP contribution in [0.3, 0.4) is 0 Å². The zero-order valence-electron chi connectivity index (χ0n) is 24.0. The monoisotopic (exact) mass is 518 g/mol. The first-order chi connectivity index (χ1) is 18.0. The van der Waals surface area contributed by atoms with E-state index in [1.165, 1.54) is 50.3 Å². The number of aromatic nitrogens is 1. The zero-order chi connectivity index (χ0) is 27.9. The SMILES string of the molecule is COC(=O)c1ccc2c(N(C)C(=O)CC(C)(C)C)nccc2c1.COc1ccc(C2CCCCC2)cc1C. The Bertz CT molecular complexity index is 1260. The minimum absolute atomic E-state index is 0.00884. The number of hydrogen-bond donors (Lipinski definition) is 0. The maximum Gasteiger partial charge on any atom is 0.337 e. The highest BCUT2D eigenvalue weighted by molar-refractivity contribution is 6.04. The van der Waals surface area contributed by atoms with Gasteiger partial charge in [0.15, 0.2) is 0 Å². The van der Waals surface area contributed by atoms with Gasteiger partial charge in [-0.3, -0.25) is 9.69 Å². The van der Waals surface area contributed by atoms with Crippen molar-refractivity contribution in [3.8, 4) is 5.75 Å². The zero-order valence-corrected chi connectivity index (χ0v) is 24.0. The fraction of sp³-hybridized carbons (Fsp3) is 0.469. The Balaban J connectivity index is 0.000000230. The summed E-state index contributed by atoms with van der Waals surface area (Å²) < 4.78 is 10.0. The molecule has 0 spiro atoms. The van der Waals surface area contributed by atoms with Crippen LogP contribution in [0.5, 0.6) is 5.75 Å². The van der Waals surface area contributed by atoms with Crippen molar-refractivity contribution in [1.29, 1.82) is 0 Å². The lowest BCUT2D eigenvalue weighted by Crippen LogP contribution is -2.30. The summed E-state index contributed by atoms with van der Waals surface area (Å²) >= 11 is 0. The van der Waals surface area contributed by atoms with Crippen molar-refractivity contribution in [1.82, 2.24) is 4.98 Å². The van der Waals surface area contributed by atoms with Crippen molar-refractivity contribution < 1.29 is 19.1 Å². The molecule has 38 heavy (non-hydrogen) atoms. The van der Waals surface area contributed by atoms with E-state index in [1.54, 1.807) is 43.5 Å². The molecule has 204 valence electrons. The molecule has 1 aromatic heterocycles. The summed E-state index contributed by atoms with van der Waals surface area (Å²) in [6.45, 7) is 8.21. The molecule has 0 N–H and O–H groups in total.